The lowest BCUT2D eigenvalue weighted by molar-refractivity contribution is -0.137. The number of carbonyl (C=O) groups is 1. The zero-order chi connectivity index (χ0) is 29.9. The monoisotopic (exact) mass is 580 g/mol. The highest BCUT2D eigenvalue weighted by molar-refractivity contribution is 5.71. The number of nitrogens with zero attached hydrogens (tertiary/aromatic N) is 1. The van der Waals surface area contributed by atoms with E-state index in [4.69, 9.17) is 15.2 Å². The van der Waals surface area contributed by atoms with E-state index in [-0.39, 0.29) is 30.0 Å². The summed E-state index contributed by atoms with van der Waals surface area (Å²) < 4.78 is 67.2. The Morgan fingerprint density at radius 2 is 1.78 bits per heavy atom. The molecule has 2 unspecified atom stereocenters. The van der Waals surface area contributed by atoms with Crippen molar-refractivity contribution in [2.75, 3.05) is 33.4 Å². The number of unbranched alkanes of at least 4 members (excludes halogenated alkanes) is 1. The Hall–Kier alpha value is -2.65. The molecule has 1 aliphatic heterocycles. The molecule has 1 saturated heterocycles. The number of rotatable bonds is 11. The van der Waals surface area contributed by atoms with Crippen molar-refractivity contribution in [3.05, 3.63) is 53.3 Å². The maximum absolute atomic E-state index is 15.5. The zero-order valence-corrected chi connectivity index (χ0v) is 24.3. The summed E-state index contributed by atoms with van der Waals surface area (Å²) in [4.78, 5) is 13.2. The molecule has 2 fully saturated rings. The number of piperidine rings is 1. The molecule has 9 heteroatoms. The van der Waals surface area contributed by atoms with Gasteiger partial charge in [0.25, 0.3) is 0 Å². The van der Waals surface area contributed by atoms with Crippen LogP contribution in [0.4, 0.5) is 17.6 Å². The van der Waals surface area contributed by atoms with Gasteiger partial charge in [-0.05, 0) is 68.0 Å². The maximum Gasteiger partial charge on any atom is 0.416 e. The van der Waals surface area contributed by atoms with E-state index in [2.05, 4.69) is 0 Å². The van der Waals surface area contributed by atoms with Crippen molar-refractivity contribution in [2.45, 2.75) is 88.8 Å². The van der Waals surface area contributed by atoms with Gasteiger partial charge in [0.05, 0.1) is 12.2 Å². The first-order valence-electron chi connectivity index (χ1n) is 14.7. The Bertz CT molecular complexity index is 1100. The molecule has 5 nitrogen and oxygen atoms in total. The average Bonchev–Trinajstić information content (AvgIpc) is 3.53. The minimum Gasteiger partial charge on any atom is -0.494 e. The van der Waals surface area contributed by atoms with Gasteiger partial charge >= 0.3 is 6.18 Å². The summed E-state index contributed by atoms with van der Waals surface area (Å²) in [5.74, 6) is -1.02. The summed E-state index contributed by atoms with van der Waals surface area (Å²) in [6, 6.07) is 7.83. The van der Waals surface area contributed by atoms with Crippen LogP contribution in [0.15, 0.2) is 36.4 Å². The topological polar surface area (TPSA) is 64.8 Å². The van der Waals surface area contributed by atoms with E-state index in [0.29, 0.717) is 38.0 Å². The summed E-state index contributed by atoms with van der Waals surface area (Å²) in [5.41, 5.74) is 5.84. The number of benzene rings is 2. The summed E-state index contributed by atoms with van der Waals surface area (Å²) in [6.07, 6.45) is 6.97. The molecule has 2 atom stereocenters. The lowest BCUT2D eigenvalue weighted by Crippen LogP contribution is -2.57. The molecule has 2 aromatic carbocycles. The van der Waals surface area contributed by atoms with Crippen molar-refractivity contribution in [3.8, 4) is 16.9 Å². The fourth-order valence-electron chi connectivity index (χ4n) is 6.05. The van der Waals surface area contributed by atoms with Crippen LogP contribution in [0.5, 0.6) is 5.75 Å². The molecule has 1 amide bonds. The van der Waals surface area contributed by atoms with Crippen LogP contribution in [0.2, 0.25) is 0 Å². The number of alkyl halides is 3. The van der Waals surface area contributed by atoms with E-state index in [0.717, 1.165) is 31.4 Å². The van der Waals surface area contributed by atoms with Gasteiger partial charge < -0.3 is 20.1 Å². The van der Waals surface area contributed by atoms with Crippen molar-refractivity contribution >= 4 is 6.41 Å². The van der Waals surface area contributed by atoms with E-state index in [1.165, 1.54) is 44.2 Å². The second-order valence-corrected chi connectivity index (χ2v) is 11.1. The molecule has 1 heterocycles. The molecule has 2 aromatic rings. The van der Waals surface area contributed by atoms with E-state index in [9.17, 15) is 18.0 Å². The van der Waals surface area contributed by atoms with Gasteiger partial charge in [-0.1, -0.05) is 50.7 Å². The SMILES string of the molecule is C1CCCC1.CCOc1cc(-c2c(F)cccc2C(CCCCOC)C2(N)CCCN(C=O)C2)cc(C(F)(F)F)c1. The highest BCUT2D eigenvalue weighted by Gasteiger charge is 2.41. The predicted octanol–water partition coefficient (Wildman–Crippen LogP) is 7.71. The minimum absolute atomic E-state index is 0.0143. The fraction of sp³-hybridized carbons (Fsp3) is 0.594. The van der Waals surface area contributed by atoms with E-state index in [1.54, 1.807) is 31.1 Å². The van der Waals surface area contributed by atoms with Crippen LogP contribution >= 0.6 is 0 Å². The van der Waals surface area contributed by atoms with E-state index in [1.807, 2.05) is 0 Å². The maximum atomic E-state index is 15.5. The quantitative estimate of drug-likeness (QED) is 0.168. The molecular formula is C32H44F4N2O3. The van der Waals surface area contributed by atoms with Crippen LogP contribution in [0, 0.1) is 5.82 Å². The van der Waals surface area contributed by atoms with Crippen LogP contribution in [0.1, 0.15) is 88.2 Å². The molecule has 228 valence electrons. The molecule has 0 bridgehead atoms. The molecule has 1 saturated carbocycles. The first kappa shape index (κ1) is 32.9. The van der Waals surface area contributed by atoms with Crippen LogP contribution < -0.4 is 10.5 Å². The second-order valence-electron chi connectivity index (χ2n) is 11.1. The number of nitrogens with two attached hydrogens (primary N) is 1. The van der Waals surface area contributed by atoms with Gasteiger partial charge in [-0.3, -0.25) is 4.79 Å². The number of halogens is 4. The Labute approximate surface area is 241 Å². The number of hydrogen-bond acceptors (Lipinski definition) is 4. The van der Waals surface area contributed by atoms with Gasteiger partial charge in [0.15, 0.2) is 0 Å². The molecule has 2 N–H and O–H groups in total. The van der Waals surface area contributed by atoms with Crippen molar-refractivity contribution in [1.29, 1.82) is 0 Å². The highest BCUT2D eigenvalue weighted by atomic mass is 19.4. The van der Waals surface area contributed by atoms with Crippen LogP contribution in [0.3, 0.4) is 0 Å². The van der Waals surface area contributed by atoms with E-state index < -0.39 is 29.0 Å². The number of carbonyl (C=O) groups excluding carboxylic acids is 1. The Balaban J connectivity index is 0.000000832. The number of methoxy groups -OCH3 is 1. The van der Waals surface area contributed by atoms with Crippen LogP contribution in [0.25, 0.3) is 11.1 Å². The molecule has 4 rings (SSSR count). The van der Waals surface area contributed by atoms with Crippen molar-refractivity contribution in [1.82, 2.24) is 4.90 Å². The summed E-state index contributed by atoms with van der Waals surface area (Å²) >= 11 is 0. The third-order valence-corrected chi connectivity index (χ3v) is 8.02. The third kappa shape index (κ3) is 9.17. The molecular weight excluding hydrogens is 536 g/mol. The third-order valence-electron chi connectivity index (χ3n) is 8.02. The van der Waals surface area contributed by atoms with Crippen LogP contribution in [-0.2, 0) is 15.7 Å². The normalized spacial score (nSPS) is 19.8. The zero-order valence-electron chi connectivity index (χ0n) is 24.3. The van der Waals surface area contributed by atoms with E-state index >= 15 is 4.39 Å². The second kappa shape index (κ2) is 15.5. The number of ether oxygens (including phenoxy) is 2. The Morgan fingerprint density at radius 1 is 1.07 bits per heavy atom. The molecule has 1 aliphatic carbocycles. The lowest BCUT2D eigenvalue weighted by Gasteiger charge is -2.45. The van der Waals surface area contributed by atoms with Crippen LogP contribution in [-0.4, -0.2) is 50.3 Å². The first-order chi connectivity index (χ1) is 19.6. The smallest absolute Gasteiger partial charge is 0.416 e. The average molecular weight is 581 g/mol. The number of amides is 1. The van der Waals surface area contributed by atoms with Gasteiger partial charge in [0, 0.05) is 43.8 Å². The molecule has 0 spiro atoms. The summed E-state index contributed by atoms with van der Waals surface area (Å²) in [7, 11) is 1.61. The number of likely N-dealkylation sites (tertiary alicyclic amines) is 1. The van der Waals surface area contributed by atoms with Gasteiger partial charge in [0.1, 0.15) is 11.6 Å². The first-order valence-corrected chi connectivity index (χ1v) is 14.7. The van der Waals surface area contributed by atoms with Crippen molar-refractivity contribution < 1.29 is 31.8 Å². The molecule has 0 radical (unpaired) electrons. The number of hydrogen-bond donors (Lipinski definition) is 1. The van der Waals surface area contributed by atoms with Gasteiger partial charge in [0.2, 0.25) is 6.41 Å². The van der Waals surface area contributed by atoms with Crippen molar-refractivity contribution in [3.63, 3.8) is 0 Å². The van der Waals surface area contributed by atoms with Crippen molar-refractivity contribution in [2.24, 2.45) is 5.73 Å². The Kier molecular flexibility index (Phi) is 12.5. The lowest BCUT2D eigenvalue weighted by atomic mass is 9.71. The van der Waals surface area contributed by atoms with Gasteiger partial charge in [-0.2, -0.15) is 13.2 Å². The summed E-state index contributed by atoms with van der Waals surface area (Å²) in [6.45, 7) is 3.26. The molecule has 2 aliphatic rings. The molecule has 0 aromatic heterocycles. The fourth-order valence-corrected chi connectivity index (χ4v) is 6.05. The van der Waals surface area contributed by atoms with Gasteiger partial charge in [-0.15, -0.1) is 0 Å². The molecule has 41 heavy (non-hydrogen) atoms. The largest absolute Gasteiger partial charge is 0.494 e. The minimum atomic E-state index is -4.63. The standard InChI is InChI=1S/C27H34F4N2O3.C5H10/c1-3-36-21-15-19(14-20(16-21)27(29,30)31)25-22(8-6-10-24(25)28)23(9-4-5-13-35-2)26(32)11-7-12-33(17-26)18-34;1-2-4-5-3-1/h6,8,10,14-16,18,23H,3-5,7,9,11-13,17,32H2,1-2H3;1-5H2. The summed E-state index contributed by atoms with van der Waals surface area (Å²) in [5, 5.41) is 0. The predicted molar refractivity (Wildman–Crippen MR) is 153 cm³/mol. The Morgan fingerprint density at radius 3 is 2.39 bits per heavy atom. The highest BCUT2D eigenvalue weighted by Crippen LogP contribution is 2.44. The van der Waals surface area contributed by atoms with Gasteiger partial charge in [-0.25, -0.2) is 4.39 Å².